The number of rotatable bonds is 5. The number of ether oxygens (including phenoxy) is 1. The molecule has 1 rings (SSSR count). The number of piperazine rings is 1. The Hall–Kier alpha value is -0.650. The second-order valence-electron chi connectivity index (χ2n) is 3.65. The number of esters is 1. The van der Waals surface area contributed by atoms with E-state index in [2.05, 4.69) is 9.80 Å². The van der Waals surface area contributed by atoms with Crippen LogP contribution in [0.4, 0.5) is 0 Å². The molecular formula is C10H20N2O3. The molecule has 0 aromatic heterocycles. The molecule has 0 aliphatic carbocycles. The van der Waals surface area contributed by atoms with Gasteiger partial charge in [0.25, 0.3) is 0 Å². The first kappa shape index (κ1) is 12.4. The van der Waals surface area contributed by atoms with Gasteiger partial charge >= 0.3 is 5.97 Å². The maximum absolute atomic E-state index is 11.2. The van der Waals surface area contributed by atoms with Crippen LogP contribution >= 0.6 is 0 Å². The van der Waals surface area contributed by atoms with Gasteiger partial charge in [-0.25, -0.2) is 0 Å². The zero-order valence-corrected chi connectivity index (χ0v) is 9.31. The Morgan fingerprint density at radius 1 is 1.27 bits per heavy atom. The fourth-order valence-corrected chi connectivity index (χ4v) is 1.70. The normalized spacial score (nSPS) is 19.1. The molecule has 1 aliphatic heterocycles. The Morgan fingerprint density at radius 2 is 1.87 bits per heavy atom. The first-order chi connectivity index (χ1) is 7.26. The van der Waals surface area contributed by atoms with Crippen LogP contribution in [-0.4, -0.2) is 73.4 Å². The first-order valence-electron chi connectivity index (χ1n) is 5.47. The lowest BCUT2D eigenvalue weighted by Crippen LogP contribution is -2.48. The van der Waals surface area contributed by atoms with Crippen LogP contribution in [0.3, 0.4) is 0 Å². The van der Waals surface area contributed by atoms with E-state index in [-0.39, 0.29) is 12.6 Å². The summed E-state index contributed by atoms with van der Waals surface area (Å²) in [6.07, 6.45) is 0. The van der Waals surface area contributed by atoms with Gasteiger partial charge in [0.2, 0.25) is 0 Å². The summed E-state index contributed by atoms with van der Waals surface area (Å²) in [5, 5.41) is 8.77. The van der Waals surface area contributed by atoms with Crippen molar-refractivity contribution in [2.24, 2.45) is 0 Å². The van der Waals surface area contributed by atoms with E-state index in [0.29, 0.717) is 13.2 Å². The quantitative estimate of drug-likeness (QED) is 0.607. The summed E-state index contributed by atoms with van der Waals surface area (Å²) in [6, 6.07) is 0. The third-order valence-corrected chi connectivity index (χ3v) is 2.54. The van der Waals surface area contributed by atoms with Gasteiger partial charge in [0.15, 0.2) is 0 Å². The Morgan fingerprint density at radius 3 is 2.40 bits per heavy atom. The topological polar surface area (TPSA) is 53.0 Å². The van der Waals surface area contributed by atoms with Crippen molar-refractivity contribution >= 4 is 5.97 Å². The number of aliphatic hydroxyl groups excluding tert-OH is 1. The molecule has 0 radical (unpaired) electrons. The fraction of sp³-hybridized carbons (Fsp3) is 0.900. The van der Waals surface area contributed by atoms with Crippen LogP contribution in [-0.2, 0) is 9.53 Å². The van der Waals surface area contributed by atoms with E-state index in [1.54, 1.807) is 0 Å². The van der Waals surface area contributed by atoms with Crippen LogP contribution in [0.15, 0.2) is 0 Å². The highest BCUT2D eigenvalue weighted by molar-refractivity contribution is 5.71. The van der Waals surface area contributed by atoms with Gasteiger partial charge in [0, 0.05) is 32.7 Å². The second kappa shape index (κ2) is 6.76. The van der Waals surface area contributed by atoms with Crippen molar-refractivity contribution in [2.45, 2.75) is 6.92 Å². The third kappa shape index (κ3) is 4.59. The second-order valence-corrected chi connectivity index (χ2v) is 3.65. The molecule has 1 N–H and O–H groups in total. The summed E-state index contributed by atoms with van der Waals surface area (Å²) in [5.74, 6) is -0.145. The van der Waals surface area contributed by atoms with E-state index in [1.807, 2.05) is 6.92 Å². The van der Waals surface area contributed by atoms with Crippen LogP contribution < -0.4 is 0 Å². The average molecular weight is 216 g/mol. The van der Waals surface area contributed by atoms with E-state index < -0.39 is 0 Å². The number of aliphatic hydroxyl groups is 1. The summed E-state index contributed by atoms with van der Waals surface area (Å²) in [7, 11) is 0. The molecule has 0 aromatic carbocycles. The van der Waals surface area contributed by atoms with Crippen molar-refractivity contribution in [3.8, 4) is 0 Å². The molecule has 0 aromatic rings. The predicted octanol–water partition coefficient (Wildman–Crippen LogP) is -0.841. The minimum atomic E-state index is -0.145. The molecule has 88 valence electrons. The lowest BCUT2D eigenvalue weighted by atomic mass is 10.3. The van der Waals surface area contributed by atoms with Gasteiger partial charge in [0.1, 0.15) is 0 Å². The van der Waals surface area contributed by atoms with Gasteiger partial charge in [-0.2, -0.15) is 0 Å². The average Bonchev–Trinajstić information content (AvgIpc) is 2.22. The molecule has 0 bridgehead atoms. The van der Waals surface area contributed by atoms with Crippen molar-refractivity contribution in [1.29, 1.82) is 0 Å². The molecule has 1 saturated heterocycles. The zero-order chi connectivity index (χ0) is 11.1. The number of hydrogen-bond acceptors (Lipinski definition) is 5. The number of hydrogen-bond donors (Lipinski definition) is 1. The highest BCUT2D eigenvalue weighted by atomic mass is 16.5. The minimum Gasteiger partial charge on any atom is -0.465 e. The van der Waals surface area contributed by atoms with Gasteiger partial charge in [-0.1, -0.05) is 0 Å². The molecule has 1 heterocycles. The number of nitrogens with zero attached hydrogens (tertiary/aromatic N) is 2. The largest absolute Gasteiger partial charge is 0.465 e. The molecule has 1 aliphatic rings. The summed E-state index contributed by atoms with van der Waals surface area (Å²) in [4.78, 5) is 15.5. The van der Waals surface area contributed by atoms with Gasteiger partial charge in [0.05, 0.1) is 19.8 Å². The Labute approximate surface area is 90.6 Å². The Balaban J connectivity index is 2.16. The highest BCUT2D eigenvalue weighted by Crippen LogP contribution is 2.01. The molecule has 0 saturated carbocycles. The monoisotopic (exact) mass is 216 g/mol. The Bertz CT molecular complexity index is 191. The van der Waals surface area contributed by atoms with Crippen molar-refractivity contribution in [3.05, 3.63) is 0 Å². The molecule has 5 heteroatoms. The van der Waals surface area contributed by atoms with E-state index in [9.17, 15) is 4.79 Å². The summed E-state index contributed by atoms with van der Waals surface area (Å²) in [6.45, 7) is 7.17. The summed E-state index contributed by atoms with van der Waals surface area (Å²) in [5.41, 5.74) is 0. The molecule has 15 heavy (non-hydrogen) atoms. The SMILES string of the molecule is CCOC(=O)CN1CCN(CCO)CC1. The number of β-amino-alcohol motifs (C(OH)–C–C–N with tert-alkyl or cyclic N) is 1. The molecule has 1 fully saturated rings. The van der Waals surface area contributed by atoms with E-state index in [0.717, 1.165) is 32.7 Å². The minimum absolute atomic E-state index is 0.145. The standard InChI is InChI=1S/C10H20N2O3/c1-2-15-10(14)9-12-5-3-11(4-6-12)7-8-13/h13H,2-9H2,1H3. The lowest BCUT2D eigenvalue weighted by molar-refractivity contribution is -0.144. The smallest absolute Gasteiger partial charge is 0.320 e. The van der Waals surface area contributed by atoms with Crippen LogP contribution in [0.1, 0.15) is 6.92 Å². The van der Waals surface area contributed by atoms with Crippen molar-refractivity contribution in [2.75, 3.05) is 52.5 Å². The van der Waals surface area contributed by atoms with Crippen molar-refractivity contribution < 1.29 is 14.6 Å². The predicted molar refractivity (Wildman–Crippen MR) is 56.6 cm³/mol. The van der Waals surface area contributed by atoms with Crippen LogP contribution in [0, 0.1) is 0 Å². The molecule has 0 unspecified atom stereocenters. The van der Waals surface area contributed by atoms with Gasteiger partial charge in [-0.05, 0) is 6.92 Å². The molecule has 0 amide bonds. The molecular weight excluding hydrogens is 196 g/mol. The number of carbonyl (C=O) groups is 1. The number of carbonyl (C=O) groups excluding carboxylic acids is 1. The molecule has 5 nitrogen and oxygen atoms in total. The van der Waals surface area contributed by atoms with E-state index in [1.165, 1.54) is 0 Å². The maximum atomic E-state index is 11.2. The van der Waals surface area contributed by atoms with E-state index >= 15 is 0 Å². The van der Waals surface area contributed by atoms with Gasteiger partial charge < -0.3 is 9.84 Å². The summed E-state index contributed by atoms with van der Waals surface area (Å²) < 4.78 is 4.88. The van der Waals surface area contributed by atoms with Gasteiger partial charge in [-0.15, -0.1) is 0 Å². The highest BCUT2D eigenvalue weighted by Gasteiger charge is 2.18. The summed E-state index contributed by atoms with van der Waals surface area (Å²) >= 11 is 0. The maximum Gasteiger partial charge on any atom is 0.320 e. The first-order valence-corrected chi connectivity index (χ1v) is 5.47. The van der Waals surface area contributed by atoms with Crippen molar-refractivity contribution in [1.82, 2.24) is 9.80 Å². The molecule has 0 spiro atoms. The van der Waals surface area contributed by atoms with Crippen LogP contribution in [0.25, 0.3) is 0 Å². The fourth-order valence-electron chi connectivity index (χ4n) is 1.70. The van der Waals surface area contributed by atoms with Gasteiger partial charge in [-0.3, -0.25) is 14.6 Å². The van der Waals surface area contributed by atoms with E-state index in [4.69, 9.17) is 9.84 Å². The molecule has 0 atom stereocenters. The van der Waals surface area contributed by atoms with Crippen LogP contribution in [0.2, 0.25) is 0 Å². The third-order valence-electron chi connectivity index (χ3n) is 2.54. The van der Waals surface area contributed by atoms with Crippen molar-refractivity contribution in [3.63, 3.8) is 0 Å². The van der Waals surface area contributed by atoms with Crippen LogP contribution in [0.5, 0.6) is 0 Å². The lowest BCUT2D eigenvalue weighted by Gasteiger charge is -2.33. The Kier molecular flexibility index (Phi) is 5.60. The zero-order valence-electron chi connectivity index (χ0n) is 9.31.